The van der Waals surface area contributed by atoms with E-state index >= 15 is 0 Å². The van der Waals surface area contributed by atoms with Crippen LogP contribution in [0.5, 0.6) is 0 Å². The number of hydrogen-bond donors (Lipinski definition) is 0. The molecule has 1 heterocycles. The minimum absolute atomic E-state index is 0.297. The van der Waals surface area contributed by atoms with Crippen molar-refractivity contribution < 1.29 is 4.74 Å². The second-order valence-electron chi connectivity index (χ2n) is 3.67. The number of ether oxygens (including phenoxy) is 1. The van der Waals surface area contributed by atoms with E-state index in [1.54, 1.807) is 23.9 Å². The molecule has 1 aromatic heterocycles. The zero-order valence-electron chi connectivity index (χ0n) is 9.66. The molecule has 0 spiro atoms. The lowest BCUT2D eigenvalue weighted by Crippen LogP contribution is -1.97. The predicted octanol–water partition coefficient (Wildman–Crippen LogP) is 4.06. The van der Waals surface area contributed by atoms with Gasteiger partial charge in [-0.2, -0.15) is 5.10 Å². The fourth-order valence-corrected chi connectivity index (χ4v) is 2.40. The Morgan fingerprint density at radius 2 is 1.89 bits per heavy atom. The quantitative estimate of drug-likeness (QED) is 0.796. The zero-order chi connectivity index (χ0) is 13.1. The Kier molecular flexibility index (Phi) is 4.51. The molecule has 0 atom stereocenters. The molecule has 2 rings (SSSR count). The van der Waals surface area contributed by atoms with Gasteiger partial charge in [-0.15, -0.1) is 11.6 Å². The Morgan fingerprint density at radius 1 is 1.22 bits per heavy atom. The third-order valence-electron chi connectivity index (χ3n) is 2.49. The van der Waals surface area contributed by atoms with Crippen LogP contribution in [0.25, 0.3) is 5.69 Å². The van der Waals surface area contributed by atoms with Crippen LogP contribution in [0.4, 0.5) is 0 Å². The van der Waals surface area contributed by atoms with Gasteiger partial charge in [-0.3, -0.25) is 0 Å². The number of methoxy groups -OCH3 is 1. The van der Waals surface area contributed by atoms with Crippen molar-refractivity contribution >= 4 is 34.8 Å². The molecular formula is C12H11Cl3N2O. The van der Waals surface area contributed by atoms with Gasteiger partial charge in [-0.05, 0) is 24.3 Å². The first kappa shape index (κ1) is 13.7. The highest BCUT2D eigenvalue weighted by Gasteiger charge is 2.16. The van der Waals surface area contributed by atoms with Gasteiger partial charge in [0.1, 0.15) is 5.15 Å². The van der Waals surface area contributed by atoms with Crippen LogP contribution in [0.15, 0.2) is 24.3 Å². The molecule has 0 aliphatic rings. The first-order valence-electron chi connectivity index (χ1n) is 5.24. The van der Waals surface area contributed by atoms with Gasteiger partial charge in [-0.25, -0.2) is 4.68 Å². The lowest BCUT2D eigenvalue weighted by molar-refractivity contribution is 0.180. The summed E-state index contributed by atoms with van der Waals surface area (Å²) in [6.45, 7) is 0.377. The van der Waals surface area contributed by atoms with Crippen LogP contribution < -0.4 is 0 Å². The van der Waals surface area contributed by atoms with Crippen LogP contribution in [0.3, 0.4) is 0 Å². The van der Waals surface area contributed by atoms with Crippen LogP contribution in [0.2, 0.25) is 10.2 Å². The fraction of sp³-hybridized carbons (Fsp3) is 0.250. The summed E-state index contributed by atoms with van der Waals surface area (Å²) in [7, 11) is 1.60. The first-order valence-corrected chi connectivity index (χ1v) is 6.53. The third-order valence-corrected chi connectivity index (χ3v) is 3.40. The summed E-state index contributed by atoms with van der Waals surface area (Å²) in [5.74, 6) is 0.297. The minimum Gasteiger partial charge on any atom is -0.378 e. The Morgan fingerprint density at radius 3 is 2.44 bits per heavy atom. The van der Waals surface area contributed by atoms with E-state index < -0.39 is 0 Å². The number of rotatable bonds is 4. The molecule has 0 fully saturated rings. The molecule has 0 unspecified atom stereocenters. The average Bonchev–Trinajstić information content (AvgIpc) is 2.67. The number of aromatic nitrogens is 2. The van der Waals surface area contributed by atoms with Crippen LogP contribution in [-0.2, 0) is 17.2 Å². The van der Waals surface area contributed by atoms with Gasteiger partial charge in [-0.1, -0.05) is 23.2 Å². The largest absolute Gasteiger partial charge is 0.378 e. The molecule has 3 nitrogen and oxygen atoms in total. The van der Waals surface area contributed by atoms with E-state index in [1.807, 2.05) is 12.1 Å². The monoisotopic (exact) mass is 304 g/mol. The van der Waals surface area contributed by atoms with Crippen molar-refractivity contribution in [2.45, 2.75) is 12.5 Å². The minimum atomic E-state index is 0.297. The van der Waals surface area contributed by atoms with E-state index in [4.69, 9.17) is 39.5 Å². The van der Waals surface area contributed by atoms with Crippen LogP contribution >= 0.6 is 34.8 Å². The SMILES string of the molecule is COCc1nn(-c2ccc(Cl)cc2)c(Cl)c1CCl. The Bertz CT molecular complexity index is 537. The van der Waals surface area contributed by atoms with Crippen LogP contribution in [-0.4, -0.2) is 16.9 Å². The van der Waals surface area contributed by atoms with Crippen molar-refractivity contribution in [3.63, 3.8) is 0 Å². The van der Waals surface area contributed by atoms with Crippen molar-refractivity contribution in [2.75, 3.05) is 7.11 Å². The third kappa shape index (κ3) is 2.64. The molecule has 0 bridgehead atoms. The number of hydrogen-bond acceptors (Lipinski definition) is 2. The van der Waals surface area contributed by atoms with E-state index in [1.165, 1.54) is 0 Å². The highest BCUT2D eigenvalue weighted by Crippen LogP contribution is 2.26. The topological polar surface area (TPSA) is 27.1 Å². The standard InChI is InChI=1S/C12H11Cl3N2O/c1-18-7-11-10(6-13)12(15)17(16-11)9-4-2-8(14)3-5-9/h2-5H,6-7H2,1H3. The van der Waals surface area contributed by atoms with E-state index in [0.717, 1.165) is 16.9 Å². The summed E-state index contributed by atoms with van der Waals surface area (Å²) >= 11 is 18.0. The lowest BCUT2D eigenvalue weighted by atomic mass is 10.3. The molecule has 96 valence electrons. The molecule has 6 heteroatoms. The molecule has 18 heavy (non-hydrogen) atoms. The fourth-order valence-electron chi connectivity index (χ4n) is 1.61. The molecule has 0 amide bonds. The first-order chi connectivity index (χ1) is 8.67. The maximum Gasteiger partial charge on any atom is 0.137 e. The summed E-state index contributed by atoms with van der Waals surface area (Å²) in [6, 6.07) is 7.25. The van der Waals surface area contributed by atoms with E-state index in [0.29, 0.717) is 22.7 Å². The van der Waals surface area contributed by atoms with Crippen molar-refractivity contribution in [1.82, 2.24) is 9.78 Å². The maximum atomic E-state index is 6.27. The van der Waals surface area contributed by atoms with Gasteiger partial charge in [0.25, 0.3) is 0 Å². The molecule has 2 aromatic rings. The predicted molar refractivity (Wildman–Crippen MR) is 73.9 cm³/mol. The molecule has 0 aliphatic carbocycles. The Labute approximate surface area is 120 Å². The van der Waals surface area contributed by atoms with Crippen LogP contribution in [0.1, 0.15) is 11.3 Å². The normalized spacial score (nSPS) is 10.9. The molecule has 0 radical (unpaired) electrons. The van der Waals surface area contributed by atoms with Crippen molar-refractivity contribution in [3.05, 3.63) is 45.7 Å². The van der Waals surface area contributed by atoms with Gasteiger partial charge < -0.3 is 4.74 Å². The van der Waals surface area contributed by atoms with Crippen LogP contribution in [0, 0.1) is 0 Å². The molecule has 0 saturated carbocycles. The zero-order valence-corrected chi connectivity index (χ0v) is 11.9. The smallest absolute Gasteiger partial charge is 0.137 e. The highest BCUT2D eigenvalue weighted by atomic mass is 35.5. The number of nitrogens with zero attached hydrogens (tertiary/aromatic N) is 2. The Hall–Kier alpha value is -0.740. The van der Waals surface area contributed by atoms with E-state index in [2.05, 4.69) is 5.10 Å². The lowest BCUT2D eigenvalue weighted by Gasteiger charge is -2.02. The van der Waals surface area contributed by atoms with Gasteiger partial charge in [0.2, 0.25) is 0 Å². The van der Waals surface area contributed by atoms with Gasteiger partial charge >= 0.3 is 0 Å². The highest BCUT2D eigenvalue weighted by molar-refractivity contribution is 6.31. The molecule has 1 aromatic carbocycles. The van der Waals surface area contributed by atoms with Crippen molar-refractivity contribution in [1.29, 1.82) is 0 Å². The summed E-state index contributed by atoms with van der Waals surface area (Å²) in [5.41, 5.74) is 2.36. The number of halogens is 3. The van der Waals surface area contributed by atoms with Gasteiger partial charge in [0.15, 0.2) is 0 Å². The molecule has 0 aliphatic heterocycles. The molecular weight excluding hydrogens is 295 g/mol. The Balaban J connectivity index is 2.47. The summed E-state index contributed by atoms with van der Waals surface area (Å²) in [6.07, 6.45) is 0. The second kappa shape index (κ2) is 5.93. The summed E-state index contributed by atoms with van der Waals surface area (Å²) in [5, 5.41) is 5.57. The summed E-state index contributed by atoms with van der Waals surface area (Å²) in [4.78, 5) is 0. The average molecular weight is 306 g/mol. The maximum absolute atomic E-state index is 6.27. The molecule has 0 N–H and O–H groups in total. The van der Waals surface area contributed by atoms with Crippen molar-refractivity contribution in [2.24, 2.45) is 0 Å². The summed E-state index contributed by atoms with van der Waals surface area (Å²) < 4.78 is 6.71. The second-order valence-corrected chi connectivity index (χ2v) is 4.73. The number of alkyl halides is 1. The van der Waals surface area contributed by atoms with Gasteiger partial charge in [0.05, 0.1) is 23.9 Å². The number of benzene rings is 1. The molecule has 0 saturated heterocycles. The van der Waals surface area contributed by atoms with E-state index in [9.17, 15) is 0 Å². The van der Waals surface area contributed by atoms with E-state index in [-0.39, 0.29) is 0 Å². The van der Waals surface area contributed by atoms with Crippen molar-refractivity contribution in [3.8, 4) is 5.69 Å². The van der Waals surface area contributed by atoms with Gasteiger partial charge in [0, 0.05) is 17.7 Å².